The Hall–Kier alpha value is -1.23. The van der Waals surface area contributed by atoms with Crippen molar-refractivity contribution >= 4 is 28.1 Å². The zero-order chi connectivity index (χ0) is 10.8. The van der Waals surface area contributed by atoms with Crippen molar-refractivity contribution in [3.05, 3.63) is 28.1 Å². The van der Waals surface area contributed by atoms with Crippen molar-refractivity contribution in [2.24, 2.45) is 0 Å². The second-order valence-electron chi connectivity index (χ2n) is 3.13. The van der Waals surface area contributed by atoms with Crippen molar-refractivity contribution in [1.82, 2.24) is 9.88 Å². The molecule has 0 aromatic carbocycles. The molecule has 0 fully saturated rings. The van der Waals surface area contributed by atoms with E-state index in [0.717, 1.165) is 10.3 Å². The summed E-state index contributed by atoms with van der Waals surface area (Å²) in [5.41, 5.74) is 1.59. The smallest absolute Gasteiger partial charge is 0.355 e. The number of ether oxygens (including phenoxy) is 1. The Morgan fingerprint density at radius 1 is 1.67 bits per heavy atom. The maximum absolute atomic E-state index is 11.5. The lowest BCUT2D eigenvalue weighted by molar-refractivity contribution is -0.138. The summed E-state index contributed by atoms with van der Waals surface area (Å²) >= 11 is 3.41. The molecule has 1 aromatic heterocycles. The third kappa shape index (κ3) is 1.92. The molecule has 0 unspecified atom stereocenters. The van der Waals surface area contributed by atoms with Gasteiger partial charge in [-0.05, 0) is 35.0 Å². The van der Waals surface area contributed by atoms with Gasteiger partial charge in [-0.3, -0.25) is 0 Å². The highest BCUT2D eigenvalue weighted by atomic mass is 79.9. The van der Waals surface area contributed by atoms with Gasteiger partial charge in [0.2, 0.25) is 0 Å². The largest absolute Gasteiger partial charge is 0.461 e. The number of halogens is 1. The van der Waals surface area contributed by atoms with Gasteiger partial charge in [-0.25, -0.2) is 4.79 Å². The molecule has 0 aliphatic carbocycles. The van der Waals surface area contributed by atoms with E-state index in [4.69, 9.17) is 4.74 Å². The number of carbonyl (C=O) groups is 1. The third-order valence-electron chi connectivity index (χ3n) is 2.17. The highest BCUT2D eigenvalue weighted by Crippen LogP contribution is 2.20. The molecule has 1 N–H and O–H groups in total. The van der Waals surface area contributed by atoms with E-state index in [1.807, 2.05) is 16.7 Å². The number of hydrogen-bond donors (Lipinski definition) is 1. The highest BCUT2D eigenvalue weighted by molar-refractivity contribution is 9.10. The van der Waals surface area contributed by atoms with Gasteiger partial charge < -0.3 is 14.6 Å². The molecule has 1 aliphatic heterocycles. The van der Waals surface area contributed by atoms with Crippen LogP contribution in [-0.4, -0.2) is 17.1 Å². The van der Waals surface area contributed by atoms with Crippen LogP contribution in [-0.2, 0) is 16.1 Å². The number of nitrogens with zero attached hydrogens (tertiary/aromatic N) is 1. The standard InChI is InChI=1S/C10H11BrN2O2/c1-2-15-10(14)8-6-13-7(5-12-8)3-4-9(13)11/h3-4,6,12H,2,5H2,1H3. The normalized spacial score (nSPS) is 13.9. The fourth-order valence-corrected chi connectivity index (χ4v) is 1.91. The Kier molecular flexibility index (Phi) is 2.81. The summed E-state index contributed by atoms with van der Waals surface area (Å²) in [5.74, 6) is -0.316. The van der Waals surface area contributed by atoms with Crippen LogP contribution in [0.1, 0.15) is 12.6 Å². The lowest BCUT2D eigenvalue weighted by Crippen LogP contribution is -2.27. The molecule has 0 atom stereocenters. The van der Waals surface area contributed by atoms with E-state index >= 15 is 0 Å². The van der Waals surface area contributed by atoms with Gasteiger partial charge in [-0.15, -0.1) is 0 Å². The average molecular weight is 271 g/mol. The van der Waals surface area contributed by atoms with Crippen molar-refractivity contribution < 1.29 is 9.53 Å². The van der Waals surface area contributed by atoms with Crippen LogP contribution in [0.5, 0.6) is 0 Å². The van der Waals surface area contributed by atoms with E-state index in [-0.39, 0.29) is 5.97 Å². The minimum absolute atomic E-state index is 0.316. The second kappa shape index (κ2) is 4.10. The van der Waals surface area contributed by atoms with E-state index in [1.54, 1.807) is 13.1 Å². The van der Waals surface area contributed by atoms with E-state index in [0.29, 0.717) is 18.8 Å². The highest BCUT2D eigenvalue weighted by Gasteiger charge is 2.17. The monoisotopic (exact) mass is 270 g/mol. The van der Waals surface area contributed by atoms with Gasteiger partial charge in [-0.2, -0.15) is 0 Å². The molecule has 15 heavy (non-hydrogen) atoms. The maximum atomic E-state index is 11.5. The molecular formula is C10H11BrN2O2. The SMILES string of the molecule is CCOC(=O)C1=Cn2c(Br)ccc2CN1. The van der Waals surface area contributed by atoms with Gasteiger partial charge in [0, 0.05) is 11.9 Å². The predicted octanol–water partition coefficient (Wildman–Crippen LogP) is 1.72. The summed E-state index contributed by atoms with van der Waals surface area (Å²) in [4.78, 5) is 11.5. The number of carbonyl (C=O) groups excluding carboxylic acids is 1. The zero-order valence-corrected chi connectivity index (χ0v) is 9.87. The van der Waals surface area contributed by atoms with Crippen LogP contribution in [0.15, 0.2) is 22.4 Å². The van der Waals surface area contributed by atoms with Crippen molar-refractivity contribution in [3.8, 4) is 0 Å². The predicted molar refractivity (Wildman–Crippen MR) is 59.9 cm³/mol. The molecule has 80 valence electrons. The number of hydrogen-bond acceptors (Lipinski definition) is 3. The van der Waals surface area contributed by atoms with E-state index in [9.17, 15) is 4.79 Å². The molecule has 5 heteroatoms. The first-order valence-corrected chi connectivity index (χ1v) is 5.50. The van der Waals surface area contributed by atoms with Crippen LogP contribution in [0.4, 0.5) is 0 Å². The Balaban J connectivity index is 2.28. The first kappa shape index (κ1) is 10.3. The fraction of sp³-hybridized carbons (Fsp3) is 0.300. The molecule has 1 aliphatic rings. The molecule has 2 rings (SSSR count). The lowest BCUT2D eigenvalue weighted by atomic mass is 10.3. The Morgan fingerprint density at radius 3 is 3.20 bits per heavy atom. The minimum atomic E-state index is -0.316. The van der Waals surface area contributed by atoms with Crippen LogP contribution in [0.3, 0.4) is 0 Å². The van der Waals surface area contributed by atoms with Crippen molar-refractivity contribution in [2.45, 2.75) is 13.5 Å². The topological polar surface area (TPSA) is 43.3 Å². The first-order valence-electron chi connectivity index (χ1n) is 4.70. The molecular weight excluding hydrogens is 260 g/mol. The number of aromatic nitrogens is 1. The molecule has 4 nitrogen and oxygen atoms in total. The molecule has 0 saturated heterocycles. The van der Waals surface area contributed by atoms with Crippen LogP contribution < -0.4 is 5.32 Å². The van der Waals surface area contributed by atoms with Gasteiger partial charge in [0.25, 0.3) is 0 Å². The summed E-state index contributed by atoms with van der Waals surface area (Å²) < 4.78 is 7.77. The Bertz CT molecular complexity index is 423. The Labute approximate surface area is 96.0 Å². The van der Waals surface area contributed by atoms with Crippen LogP contribution in [0.25, 0.3) is 6.20 Å². The van der Waals surface area contributed by atoms with Gasteiger partial charge in [-0.1, -0.05) is 0 Å². The number of fused-ring (bicyclic) bond motifs is 1. The molecule has 2 heterocycles. The zero-order valence-electron chi connectivity index (χ0n) is 8.29. The minimum Gasteiger partial charge on any atom is -0.461 e. The summed E-state index contributed by atoms with van der Waals surface area (Å²) in [7, 11) is 0. The van der Waals surface area contributed by atoms with Gasteiger partial charge in [0.05, 0.1) is 17.8 Å². The molecule has 0 bridgehead atoms. The fourth-order valence-electron chi connectivity index (χ4n) is 1.45. The second-order valence-corrected chi connectivity index (χ2v) is 3.95. The van der Waals surface area contributed by atoms with E-state index in [2.05, 4.69) is 21.2 Å². The van der Waals surface area contributed by atoms with Gasteiger partial charge in [0.15, 0.2) is 0 Å². The van der Waals surface area contributed by atoms with Crippen LogP contribution in [0.2, 0.25) is 0 Å². The summed E-state index contributed by atoms with van der Waals surface area (Å²) in [6.07, 6.45) is 1.74. The lowest BCUT2D eigenvalue weighted by Gasteiger charge is -2.17. The maximum Gasteiger partial charge on any atom is 0.355 e. The molecule has 0 amide bonds. The van der Waals surface area contributed by atoms with E-state index in [1.165, 1.54) is 0 Å². The molecule has 0 radical (unpaired) electrons. The molecule has 0 saturated carbocycles. The van der Waals surface area contributed by atoms with E-state index < -0.39 is 0 Å². The average Bonchev–Trinajstić information content (AvgIpc) is 2.60. The third-order valence-corrected chi connectivity index (χ3v) is 2.81. The van der Waals surface area contributed by atoms with Crippen molar-refractivity contribution in [1.29, 1.82) is 0 Å². The quantitative estimate of drug-likeness (QED) is 0.833. The first-order chi connectivity index (χ1) is 7.22. The van der Waals surface area contributed by atoms with Gasteiger partial charge in [0.1, 0.15) is 5.70 Å². The summed E-state index contributed by atoms with van der Waals surface area (Å²) in [6, 6.07) is 3.94. The van der Waals surface area contributed by atoms with Gasteiger partial charge >= 0.3 is 5.97 Å². The van der Waals surface area contributed by atoms with Crippen molar-refractivity contribution in [2.75, 3.05) is 6.61 Å². The Morgan fingerprint density at radius 2 is 2.47 bits per heavy atom. The summed E-state index contributed by atoms with van der Waals surface area (Å²) in [6.45, 7) is 2.81. The number of esters is 1. The summed E-state index contributed by atoms with van der Waals surface area (Å²) in [5, 5.41) is 3.02. The van der Waals surface area contributed by atoms with Crippen LogP contribution in [0, 0.1) is 0 Å². The van der Waals surface area contributed by atoms with Crippen LogP contribution >= 0.6 is 15.9 Å². The molecule has 0 spiro atoms. The molecule has 1 aromatic rings. The van der Waals surface area contributed by atoms with Crippen molar-refractivity contribution in [3.63, 3.8) is 0 Å². The number of nitrogens with one attached hydrogen (secondary N) is 1. The number of rotatable bonds is 2.